The molecule has 1 aromatic heterocycles. The Morgan fingerprint density at radius 1 is 0.933 bits per heavy atom. The number of carbonyl (C=O) groups excluding carboxylic acids is 2. The first kappa shape index (κ1) is 24.1. The van der Waals surface area contributed by atoms with Crippen molar-refractivity contribution in [1.29, 1.82) is 0 Å². The fourth-order valence-corrected chi connectivity index (χ4v) is 4.30. The number of rotatable bonds is 10. The monoisotopic (exact) mass is 428 g/mol. The summed E-state index contributed by atoms with van der Waals surface area (Å²) in [6, 6.07) is 14.2. The maximum absolute atomic E-state index is 13.4. The van der Waals surface area contributed by atoms with E-state index in [2.05, 4.69) is 26.0 Å². The van der Waals surface area contributed by atoms with Crippen molar-refractivity contribution in [2.75, 3.05) is 6.54 Å². The fraction of sp³-hybridized carbons (Fsp3) is 0.520. The Hall–Kier alpha value is -2.14. The van der Waals surface area contributed by atoms with E-state index in [0.29, 0.717) is 19.5 Å². The molecule has 0 bridgehead atoms. The number of nitrogens with zero attached hydrogens (tertiary/aromatic N) is 2. The third kappa shape index (κ3) is 7.60. The number of unbranched alkanes of at least 4 members (excludes halogenated alkanes) is 2. The molecule has 0 aliphatic rings. The predicted molar refractivity (Wildman–Crippen MR) is 125 cm³/mol. The second kappa shape index (κ2) is 11.3. The van der Waals surface area contributed by atoms with Gasteiger partial charge in [0.1, 0.15) is 6.54 Å². The van der Waals surface area contributed by atoms with Gasteiger partial charge in [-0.05, 0) is 51.8 Å². The largest absolute Gasteiger partial charge is 0.332 e. The van der Waals surface area contributed by atoms with Crippen LogP contribution in [0.15, 0.2) is 42.5 Å². The van der Waals surface area contributed by atoms with Gasteiger partial charge in [0.2, 0.25) is 11.8 Å². The summed E-state index contributed by atoms with van der Waals surface area (Å²) in [5, 5.41) is 0. The standard InChI is InChI=1S/C25H36N2O2S/c1-6-7-9-14-23(28)27(25(3,4)5)19-24(29)26(17-21-12-10-8-11-13-21)18-22-16-15-20(2)30-22/h8,10-13,15-16H,6-7,9,14,17-19H2,1-5H3. The molecule has 1 aromatic carbocycles. The first-order valence-electron chi connectivity index (χ1n) is 10.9. The number of hydrogen-bond acceptors (Lipinski definition) is 3. The van der Waals surface area contributed by atoms with Crippen molar-refractivity contribution in [3.63, 3.8) is 0 Å². The molecule has 0 spiro atoms. The molecule has 30 heavy (non-hydrogen) atoms. The Balaban J connectivity index is 2.17. The second-order valence-corrected chi connectivity index (χ2v) is 10.2. The number of aryl methyl sites for hydroxylation is 1. The lowest BCUT2D eigenvalue weighted by Gasteiger charge is -2.37. The van der Waals surface area contributed by atoms with E-state index in [9.17, 15) is 9.59 Å². The van der Waals surface area contributed by atoms with E-state index in [1.165, 1.54) is 4.88 Å². The Labute approximate surface area is 185 Å². The van der Waals surface area contributed by atoms with Gasteiger partial charge in [0.15, 0.2) is 0 Å². The van der Waals surface area contributed by atoms with Crippen LogP contribution in [0.3, 0.4) is 0 Å². The molecule has 2 amide bonds. The van der Waals surface area contributed by atoms with Crippen LogP contribution in [0.1, 0.15) is 68.7 Å². The minimum absolute atomic E-state index is 0.0105. The van der Waals surface area contributed by atoms with E-state index >= 15 is 0 Å². The van der Waals surface area contributed by atoms with Crippen molar-refractivity contribution in [2.24, 2.45) is 0 Å². The minimum atomic E-state index is -0.392. The second-order valence-electron chi connectivity index (χ2n) is 8.86. The molecule has 4 nitrogen and oxygen atoms in total. The smallest absolute Gasteiger partial charge is 0.242 e. The topological polar surface area (TPSA) is 40.6 Å². The summed E-state index contributed by atoms with van der Waals surface area (Å²) in [4.78, 5) is 32.3. The maximum atomic E-state index is 13.4. The van der Waals surface area contributed by atoms with Gasteiger partial charge in [-0.2, -0.15) is 0 Å². The van der Waals surface area contributed by atoms with Gasteiger partial charge in [0, 0.05) is 28.3 Å². The number of benzene rings is 1. The first-order chi connectivity index (χ1) is 14.2. The van der Waals surface area contributed by atoms with Gasteiger partial charge in [-0.15, -0.1) is 11.3 Å². The normalized spacial score (nSPS) is 11.4. The number of thiophene rings is 1. The first-order valence-corrected chi connectivity index (χ1v) is 11.7. The lowest BCUT2D eigenvalue weighted by atomic mass is 10.0. The van der Waals surface area contributed by atoms with Crippen molar-refractivity contribution in [3.8, 4) is 0 Å². The van der Waals surface area contributed by atoms with Gasteiger partial charge in [0.25, 0.3) is 0 Å². The highest BCUT2D eigenvalue weighted by atomic mass is 32.1. The van der Waals surface area contributed by atoms with E-state index in [0.717, 1.165) is 29.7 Å². The molecular formula is C25H36N2O2S. The fourth-order valence-electron chi connectivity index (χ4n) is 3.39. The van der Waals surface area contributed by atoms with Crippen LogP contribution in [0.25, 0.3) is 0 Å². The van der Waals surface area contributed by atoms with Gasteiger partial charge in [-0.3, -0.25) is 9.59 Å². The van der Waals surface area contributed by atoms with Crippen LogP contribution in [0.4, 0.5) is 0 Å². The average Bonchev–Trinajstić information content (AvgIpc) is 3.10. The van der Waals surface area contributed by atoms with Crippen LogP contribution in [0.2, 0.25) is 0 Å². The minimum Gasteiger partial charge on any atom is -0.332 e. The quantitative estimate of drug-likeness (QED) is 0.449. The molecule has 2 aromatic rings. The molecule has 0 saturated heterocycles. The van der Waals surface area contributed by atoms with Crippen LogP contribution in [0, 0.1) is 6.92 Å². The van der Waals surface area contributed by atoms with Gasteiger partial charge < -0.3 is 9.80 Å². The van der Waals surface area contributed by atoms with Crippen LogP contribution < -0.4 is 0 Å². The van der Waals surface area contributed by atoms with Crippen molar-refractivity contribution >= 4 is 23.2 Å². The summed E-state index contributed by atoms with van der Waals surface area (Å²) in [6.45, 7) is 11.4. The van der Waals surface area contributed by atoms with E-state index in [-0.39, 0.29) is 18.4 Å². The summed E-state index contributed by atoms with van der Waals surface area (Å²) < 4.78 is 0. The van der Waals surface area contributed by atoms with E-state index in [1.54, 1.807) is 16.2 Å². The van der Waals surface area contributed by atoms with Crippen molar-refractivity contribution in [3.05, 3.63) is 57.8 Å². The van der Waals surface area contributed by atoms with E-state index < -0.39 is 5.54 Å². The molecule has 0 aliphatic carbocycles. The Bertz CT molecular complexity index is 808. The Morgan fingerprint density at radius 3 is 2.20 bits per heavy atom. The van der Waals surface area contributed by atoms with Crippen molar-refractivity contribution < 1.29 is 9.59 Å². The number of amides is 2. The lowest BCUT2D eigenvalue weighted by Crippen LogP contribution is -2.51. The van der Waals surface area contributed by atoms with E-state index in [4.69, 9.17) is 0 Å². The number of carbonyl (C=O) groups is 2. The van der Waals surface area contributed by atoms with Gasteiger partial charge in [-0.25, -0.2) is 0 Å². The average molecular weight is 429 g/mol. The van der Waals surface area contributed by atoms with Crippen LogP contribution in [-0.2, 0) is 22.7 Å². The molecule has 0 radical (unpaired) electrons. The molecule has 0 atom stereocenters. The predicted octanol–water partition coefficient (Wildman–Crippen LogP) is 5.79. The molecule has 164 valence electrons. The highest BCUT2D eigenvalue weighted by Crippen LogP contribution is 2.21. The zero-order valence-electron chi connectivity index (χ0n) is 19.1. The van der Waals surface area contributed by atoms with Crippen molar-refractivity contribution in [1.82, 2.24) is 9.80 Å². The van der Waals surface area contributed by atoms with Gasteiger partial charge in [0.05, 0.1) is 6.54 Å². The summed E-state index contributed by atoms with van der Waals surface area (Å²) >= 11 is 1.71. The third-order valence-electron chi connectivity index (χ3n) is 5.11. The Morgan fingerprint density at radius 2 is 1.63 bits per heavy atom. The molecule has 5 heteroatoms. The third-order valence-corrected chi connectivity index (χ3v) is 6.10. The summed E-state index contributed by atoms with van der Waals surface area (Å²) in [5.74, 6) is 0.0552. The molecule has 0 saturated carbocycles. The van der Waals surface area contributed by atoms with Crippen LogP contribution in [0.5, 0.6) is 0 Å². The molecular weight excluding hydrogens is 392 g/mol. The lowest BCUT2D eigenvalue weighted by molar-refractivity contribution is -0.145. The van der Waals surface area contributed by atoms with Gasteiger partial charge >= 0.3 is 0 Å². The van der Waals surface area contributed by atoms with Crippen molar-refractivity contribution in [2.45, 2.75) is 78.9 Å². The molecule has 1 heterocycles. The molecule has 0 fully saturated rings. The summed E-state index contributed by atoms with van der Waals surface area (Å²) in [7, 11) is 0. The SMILES string of the molecule is CCCCCC(=O)N(CC(=O)N(Cc1ccccc1)Cc1ccc(C)s1)C(C)(C)C. The highest BCUT2D eigenvalue weighted by Gasteiger charge is 2.30. The molecule has 2 rings (SSSR count). The van der Waals surface area contributed by atoms with Gasteiger partial charge in [-0.1, -0.05) is 50.1 Å². The summed E-state index contributed by atoms with van der Waals surface area (Å²) in [5.41, 5.74) is 0.701. The molecule has 0 N–H and O–H groups in total. The summed E-state index contributed by atoms with van der Waals surface area (Å²) in [6.07, 6.45) is 3.49. The molecule has 0 aliphatic heterocycles. The Kier molecular flexibility index (Phi) is 9.09. The number of hydrogen-bond donors (Lipinski definition) is 0. The highest BCUT2D eigenvalue weighted by molar-refractivity contribution is 7.11. The maximum Gasteiger partial charge on any atom is 0.242 e. The van der Waals surface area contributed by atoms with E-state index in [1.807, 2.05) is 56.0 Å². The molecule has 0 unspecified atom stereocenters. The zero-order chi connectivity index (χ0) is 22.1. The van der Waals surface area contributed by atoms with Crippen LogP contribution >= 0.6 is 11.3 Å². The zero-order valence-corrected chi connectivity index (χ0v) is 19.9. The van der Waals surface area contributed by atoms with Crippen LogP contribution in [-0.4, -0.2) is 33.7 Å².